The number of amides is 2. The topological polar surface area (TPSA) is 52.7 Å². The molecule has 3 rings (SSSR count). The number of nitrogens with zero attached hydrogens (tertiary/aromatic N) is 2. The molecule has 1 fully saturated rings. The summed E-state index contributed by atoms with van der Waals surface area (Å²) >= 11 is 2.94. The highest BCUT2D eigenvalue weighted by molar-refractivity contribution is 8.00. The molecule has 1 aliphatic heterocycles. The van der Waals surface area contributed by atoms with Crippen molar-refractivity contribution in [2.45, 2.75) is 4.90 Å². The number of nitrogens with one attached hydrogen (secondary N) is 1. The Morgan fingerprint density at radius 1 is 1.11 bits per heavy atom. The molecule has 2 amide bonds. The number of thioether (sulfide) groups is 1. The van der Waals surface area contributed by atoms with Gasteiger partial charge in [0.25, 0.3) is 5.91 Å². The normalized spacial score (nSPS) is 14.4. The average Bonchev–Trinajstić information content (AvgIpc) is 3.23. The lowest BCUT2D eigenvalue weighted by Crippen LogP contribution is -2.50. The van der Waals surface area contributed by atoms with Crippen molar-refractivity contribution in [3.05, 3.63) is 52.5 Å². The Balaban J connectivity index is 0.00000280. The highest BCUT2D eigenvalue weighted by Crippen LogP contribution is 2.19. The van der Waals surface area contributed by atoms with Crippen LogP contribution in [0.2, 0.25) is 0 Å². The molecule has 1 saturated heterocycles. The molecule has 1 aromatic heterocycles. The minimum atomic E-state index is -0.270. The number of hydrogen-bond acceptors (Lipinski definition) is 5. The minimum Gasteiger partial charge on any atom is -0.351 e. The van der Waals surface area contributed by atoms with Crippen LogP contribution in [-0.4, -0.2) is 66.6 Å². The summed E-state index contributed by atoms with van der Waals surface area (Å²) in [4.78, 5) is 29.3. The molecular weight excluding hydrogens is 421 g/mol. The molecular formula is C19H23ClFN3O2S2. The van der Waals surface area contributed by atoms with E-state index in [-0.39, 0.29) is 30.0 Å². The Hall–Kier alpha value is -1.61. The molecule has 1 N–H and O–H groups in total. The molecule has 9 heteroatoms. The van der Waals surface area contributed by atoms with Gasteiger partial charge in [-0.3, -0.25) is 14.5 Å². The summed E-state index contributed by atoms with van der Waals surface area (Å²) in [7, 11) is 0. The van der Waals surface area contributed by atoms with Crippen LogP contribution in [0.25, 0.3) is 0 Å². The van der Waals surface area contributed by atoms with Crippen molar-refractivity contribution >= 4 is 47.3 Å². The van der Waals surface area contributed by atoms with Gasteiger partial charge in [-0.1, -0.05) is 0 Å². The van der Waals surface area contributed by atoms with E-state index in [0.717, 1.165) is 24.5 Å². The first-order chi connectivity index (χ1) is 13.1. The Morgan fingerprint density at radius 2 is 1.82 bits per heavy atom. The van der Waals surface area contributed by atoms with Crippen LogP contribution in [0.4, 0.5) is 4.39 Å². The van der Waals surface area contributed by atoms with Gasteiger partial charge in [0.05, 0.1) is 5.75 Å². The molecule has 0 spiro atoms. The molecule has 0 bridgehead atoms. The van der Waals surface area contributed by atoms with E-state index in [9.17, 15) is 14.0 Å². The van der Waals surface area contributed by atoms with E-state index in [2.05, 4.69) is 10.2 Å². The van der Waals surface area contributed by atoms with E-state index in [1.54, 1.807) is 12.1 Å². The number of halogens is 2. The average molecular weight is 444 g/mol. The monoisotopic (exact) mass is 443 g/mol. The Morgan fingerprint density at radius 3 is 2.46 bits per heavy atom. The van der Waals surface area contributed by atoms with Crippen molar-refractivity contribution in [2.75, 3.05) is 45.0 Å². The second-order valence-corrected chi connectivity index (χ2v) is 8.06. The molecule has 152 valence electrons. The lowest BCUT2D eigenvalue weighted by molar-refractivity contribution is -0.130. The van der Waals surface area contributed by atoms with Crippen LogP contribution in [-0.2, 0) is 4.79 Å². The maximum atomic E-state index is 12.9. The zero-order valence-electron chi connectivity index (χ0n) is 15.3. The van der Waals surface area contributed by atoms with Crippen LogP contribution >= 0.6 is 35.5 Å². The molecule has 1 aliphatic rings. The number of thiophene rings is 1. The minimum absolute atomic E-state index is 0. The summed E-state index contributed by atoms with van der Waals surface area (Å²) in [6.07, 6.45) is 0. The third kappa shape index (κ3) is 6.77. The highest BCUT2D eigenvalue weighted by Gasteiger charge is 2.21. The van der Waals surface area contributed by atoms with Crippen molar-refractivity contribution in [3.63, 3.8) is 0 Å². The van der Waals surface area contributed by atoms with E-state index in [1.807, 2.05) is 21.7 Å². The standard InChI is InChI=1S/C19H22FN3O2S2.ClH/c20-16-1-3-17(4-2-16)27-14-18(24)23-10-8-22(9-11-23)7-6-21-19(25)15-5-12-26-13-15;/h1-5,12-13H,6-11,14H2,(H,21,25);1H. The SMILES string of the molecule is Cl.O=C(NCCN1CCN(C(=O)CSc2ccc(F)cc2)CC1)c1ccsc1. The highest BCUT2D eigenvalue weighted by atomic mass is 35.5. The van der Waals surface area contributed by atoms with Crippen LogP contribution in [0.1, 0.15) is 10.4 Å². The zero-order valence-corrected chi connectivity index (χ0v) is 17.8. The van der Waals surface area contributed by atoms with E-state index in [4.69, 9.17) is 0 Å². The maximum Gasteiger partial charge on any atom is 0.252 e. The lowest BCUT2D eigenvalue weighted by atomic mass is 10.3. The van der Waals surface area contributed by atoms with Crippen molar-refractivity contribution < 1.29 is 14.0 Å². The molecule has 28 heavy (non-hydrogen) atoms. The number of benzene rings is 1. The first kappa shape index (κ1) is 22.7. The van der Waals surface area contributed by atoms with Gasteiger partial charge >= 0.3 is 0 Å². The van der Waals surface area contributed by atoms with Gasteiger partial charge in [0, 0.05) is 55.1 Å². The summed E-state index contributed by atoms with van der Waals surface area (Å²) in [6, 6.07) is 8.00. The number of carbonyl (C=O) groups excluding carboxylic acids is 2. The molecule has 2 heterocycles. The Kier molecular flexibility index (Phi) is 9.24. The molecule has 1 aromatic carbocycles. The fourth-order valence-corrected chi connectivity index (χ4v) is 4.25. The number of carbonyl (C=O) groups is 2. The van der Waals surface area contributed by atoms with Crippen LogP contribution in [0.3, 0.4) is 0 Å². The summed E-state index contributed by atoms with van der Waals surface area (Å²) < 4.78 is 12.9. The van der Waals surface area contributed by atoms with Crippen molar-refractivity contribution in [3.8, 4) is 0 Å². The molecule has 0 radical (unpaired) electrons. The Bertz CT molecular complexity index is 751. The van der Waals surface area contributed by atoms with E-state index in [1.165, 1.54) is 35.2 Å². The van der Waals surface area contributed by atoms with E-state index < -0.39 is 0 Å². The zero-order chi connectivity index (χ0) is 19.1. The predicted octanol–water partition coefficient (Wildman–Crippen LogP) is 2.98. The lowest BCUT2D eigenvalue weighted by Gasteiger charge is -2.34. The van der Waals surface area contributed by atoms with Crippen molar-refractivity contribution in [1.82, 2.24) is 15.1 Å². The molecule has 2 aromatic rings. The van der Waals surface area contributed by atoms with Gasteiger partial charge in [-0.2, -0.15) is 11.3 Å². The fourth-order valence-electron chi connectivity index (χ4n) is 2.81. The molecule has 0 atom stereocenters. The summed E-state index contributed by atoms with van der Waals surface area (Å²) in [5, 5.41) is 6.65. The van der Waals surface area contributed by atoms with Crippen LogP contribution in [0.15, 0.2) is 46.0 Å². The van der Waals surface area contributed by atoms with Crippen molar-refractivity contribution in [2.24, 2.45) is 0 Å². The van der Waals surface area contributed by atoms with Crippen molar-refractivity contribution in [1.29, 1.82) is 0 Å². The molecule has 5 nitrogen and oxygen atoms in total. The molecule has 0 unspecified atom stereocenters. The largest absolute Gasteiger partial charge is 0.351 e. The predicted molar refractivity (Wildman–Crippen MR) is 114 cm³/mol. The second kappa shape index (κ2) is 11.4. The Labute approximate surface area is 178 Å². The third-order valence-electron chi connectivity index (χ3n) is 4.40. The number of hydrogen-bond donors (Lipinski definition) is 1. The van der Waals surface area contributed by atoms with Crippen LogP contribution < -0.4 is 5.32 Å². The summed E-state index contributed by atoms with van der Waals surface area (Å²) in [5.74, 6) is 0.161. The smallest absolute Gasteiger partial charge is 0.252 e. The number of piperazine rings is 1. The summed E-state index contributed by atoms with van der Waals surface area (Å²) in [6.45, 7) is 4.39. The quantitative estimate of drug-likeness (QED) is 0.668. The van der Waals surface area contributed by atoms with Gasteiger partial charge in [-0.25, -0.2) is 4.39 Å². The molecule has 0 aliphatic carbocycles. The summed E-state index contributed by atoms with van der Waals surface area (Å²) in [5.41, 5.74) is 0.703. The first-order valence-electron chi connectivity index (χ1n) is 8.81. The van der Waals surface area contributed by atoms with Gasteiger partial charge in [-0.05, 0) is 35.7 Å². The van der Waals surface area contributed by atoms with Gasteiger partial charge in [-0.15, -0.1) is 24.2 Å². The third-order valence-corrected chi connectivity index (χ3v) is 6.08. The van der Waals surface area contributed by atoms with Gasteiger partial charge < -0.3 is 10.2 Å². The first-order valence-corrected chi connectivity index (χ1v) is 10.7. The van der Waals surface area contributed by atoms with Gasteiger partial charge in [0.2, 0.25) is 5.91 Å². The fraction of sp³-hybridized carbons (Fsp3) is 0.368. The maximum absolute atomic E-state index is 12.9. The van der Waals surface area contributed by atoms with E-state index in [0.29, 0.717) is 31.0 Å². The van der Waals surface area contributed by atoms with Gasteiger partial charge in [0.15, 0.2) is 0 Å². The van der Waals surface area contributed by atoms with Gasteiger partial charge in [0.1, 0.15) is 5.82 Å². The van der Waals surface area contributed by atoms with E-state index >= 15 is 0 Å². The van der Waals surface area contributed by atoms with Crippen LogP contribution in [0, 0.1) is 5.82 Å². The second-order valence-electron chi connectivity index (χ2n) is 6.23. The van der Waals surface area contributed by atoms with Crippen LogP contribution in [0.5, 0.6) is 0 Å². The molecule has 0 saturated carbocycles. The number of rotatable bonds is 7.